The van der Waals surface area contributed by atoms with Gasteiger partial charge in [-0.05, 0) is 36.4 Å². The van der Waals surface area contributed by atoms with Crippen molar-refractivity contribution in [3.63, 3.8) is 0 Å². The quantitative estimate of drug-likeness (QED) is 0.498. The van der Waals surface area contributed by atoms with Crippen LogP contribution >= 0.6 is 0 Å². The van der Waals surface area contributed by atoms with E-state index in [2.05, 4.69) is 4.74 Å². The number of carboxylic acids is 1. The number of hydrogen-bond acceptors (Lipinski definition) is 6. The lowest BCUT2D eigenvalue weighted by atomic mass is 9.96. The van der Waals surface area contributed by atoms with Crippen LogP contribution in [0.3, 0.4) is 0 Å². The van der Waals surface area contributed by atoms with Gasteiger partial charge in [-0.1, -0.05) is 13.8 Å². The van der Waals surface area contributed by atoms with Crippen molar-refractivity contribution in [1.82, 2.24) is 0 Å². The van der Waals surface area contributed by atoms with Gasteiger partial charge in [0, 0.05) is 11.5 Å². The Bertz CT molecular complexity index is 956. The van der Waals surface area contributed by atoms with Gasteiger partial charge >= 0.3 is 17.9 Å². The monoisotopic (exact) mass is 354 g/mol. The van der Waals surface area contributed by atoms with Crippen molar-refractivity contribution >= 4 is 23.7 Å². The Labute approximate surface area is 148 Å². The van der Waals surface area contributed by atoms with Gasteiger partial charge < -0.3 is 14.6 Å². The predicted octanol–water partition coefficient (Wildman–Crippen LogP) is 3.33. The number of aromatic carboxylic acids is 1. The zero-order valence-corrected chi connectivity index (χ0v) is 13.9. The normalized spacial score (nSPS) is 12.7. The molecule has 0 aliphatic carbocycles. The summed E-state index contributed by atoms with van der Waals surface area (Å²) in [7, 11) is 0. The SMILES string of the molecule is CC(C)C(=O)c1ccc(Oc2ccc3c(c2)C(=O)OC3=O)cc1C(=O)O. The third-order valence-electron chi connectivity index (χ3n) is 3.86. The molecule has 1 aliphatic rings. The maximum Gasteiger partial charge on any atom is 0.347 e. The van der Waals surface area contributed by atoms with Gasteiger partial charge in [-0.3, -0.25) is 4.79 Å². The third-order valence-corrected chi connectivity index (χ3v) is 3.86. The van der Waals surface area contributed by atoms with Crippen LogP contribution < -0.4 is 4.74 Å². The van der Waals surface area contributed by atoms with Crippen molar-refractivity contribution in [3.8, 4) is 11.5 Å². The third kappa shape index (κ3) is 3.06. The molecule has 1 heterocycles. The highest BCUT2D eigenvalue weighted by atomic mass is 16.6. The molecule has 7 heteroatoms. The highest BCUT2D eigenvalue weighted by Crippen LogP contribution is 2.29. The average molecular weight is 354 g/mol. The molecule has 1 aliphatic heterocycles. The first-order valence-corrected chi connectivity index (χ1v) is 7.78. The number of rotatable bonds is 5. The Balaban J connectivity index is 1.94. The van der Waals surface area contributed by atoms with E-state index in [-0.39, 0.29) is 45.5 Å². The molecule has 1 N–H and O–H groups in total. The first kappa shape index (κ1) is 17.3. The topological polar surface area (TPSA) is 107 Å². The number of carbonyl (C=O) groups is 4. The second kappa shape index (κ2) is 6.44. The number of benzene rings is 2. The summed E-state index contributed by atoms with van der Waals surface area (Å²) in [6.45, 7) is 3.37. The number of carboxylic acid groups (broad SMARTS) is 1. The van der Waals surface area contributed by atoms with E-state index in [1.54, 1.807) is 13.8 Å². The lowest BCUT2D eigenvalue weighted by Gasteiger charge is -2.11. The standard InChI is InChI=1S/C19H14O7/c1-9(2)16(20)12-5-3-10(7-14(12)17(21)22)25-11-4-6-13-15(8-11)19(24)26-18(13)23/h3-9H,1-2H3,(H,21,22). The number of carbonyl (C=O) groups excluding carboxylic acids is 3. The van der Waals surface area contributed by atoms with Crippen LogP contribution in [0.4, 0.5) is 0 Å². The van der Waals surface area contributed by atoms with Gasteiger partial charge in [-0.15, -0.1) is 0 Å². The van der Waals surface area contributed by atoms with Crippen LogP contribution in [0.25, 0.3) is 0 Å². The Hall–Kier alpha value is -3.48. The van der Waals surface area contributed by atoms with E-state index in [4.69, 9.17) is 4.74 Å². The highest BCUT2D eigenvalue weighted by Gasteiger charge is 2.30. The number of hydrogen-bond donors (Lipinski definition) is 1. The van der Waals surface area contributed by atoms with E-state index in [1.165, 1.54) is 36.4 Å². The van der Waals surface area contributed by atoms with Crippen LogP contribution in [0.2, 0.25) is 0 Å². The van der Waals surface area contributed by atoms with Crippen molar-refractivity contribution in [3.05, 3.63) is 58.7 Å². The Morgan fingerprint density at radius 3 is 2.19 bits per heavy atom. The molecular weight excluding hydrogens is 340 g/mol. The number of fused-ring (bicyclic) bond motifs is 1. The molecule has 132 valence electrons. The summed E-state index contributed by atoms with van der Waals surface area (Å²) < 4.78 is 10.1. The molecule has 0 fully saturated rings. The Morgan fingerprint density at radius 1 is 0.923 bits per heavy atom. The molecule has 0 aromatic heterocycles. The first-order valence-electron chi connectivity index (χ1n) is 7.78. The highest BCUT2D eigenvalue weighted by molar-refractivity contribution is 6.14. The molecule has 0 spiro atoms. The molecule has 2 aromatic carbocycles. The van der Waals surface area contributed by atoms with Crippen LogP contribution in [0.5, 0.6) is 11.5 Å². The fourth-order valence-electron chi connectivity index (χ4n) is 2.55. The first-order chi connectivity index (χ1) is 12.3. The minimum Gasteiger partial charge on any atom is -0.478 e. The van der Waals surface area contributed by atoms with E-state index in [0.717, 1.165) is 0 Å². The minimum atomic E-state index is -1.25. The van der Waals surface area contributed by atoms with Crippen LogP contribution in [0, 0.1) is 5.92 Å². The van der Waals surface area contributed by atoms with E-state index in [0.29, 0.717) is 0 Å². The fourth-order valence-corrected chi connectivity index (χ4v) is 2.55. The number of Topliss-reactive ketones (excluding diaryl/α,β-unsaturated/α-hetero) is 1. The smallest absolute Gasteiger partial charge is 0.347 e. The summed E-state index contributed by atoms with van der Waals surface area (Å²) in [5.74, 6) is -2.95. The number of esters is 2. The molecule has 0 saturated carbocycles. The van der Waals surface area contributed by atoms with Gasteiger partial charge in [-0.25, -0.2) is 14.4 Å². The van der Waals surface area contributed by atoms with Crippen LogP contribution in [-0.2, 0) is 4.74 Å². The lowest BCUT2D eigenvalue weighted by molar-refractivity contribution is 0.0442. The molecule has 0 bridgehead atoms. The summed E-state index contributed by atoms with van der Waals surface area (Å²) in [6, 6.07) is 8.31. The minimum absolute atomic E-state index is 0.0811. The average Bonchev–Trinajstić information content (AvgIpc) is 2.88. The van der Waals surface area contributed by atoms with Crippen molar-refractivity contribution in [2.45, 2.75) is 13.8 Å². The number of ether oxygens (including phenoxy) is 2. The van der Waals surface area contributed by atoms with Gasteiger partial charge in [0.15, 0.2) is 5.78 Å². The molecule has 0 radical (unpaired) electrons. The summed E-state index contributed by atoms with van der Waals surface area (Å²) in [5, 5.41) is 9.37. The van der Waals surface area contributed by atoms with Gasteiger partial charge in [0.1, 0.15) is 11.5 Å². The maximum absolute atomic E-state index is 12.1. The van der Waals surface area contributed by atoms with Crippen LogP contribution in [0.1, 0.15) is 55.3 Å². The largest absolute Gasteiger partial charge is 0.478 e. The summed E-state index contributed by atoms with van der Waals surface area (Å²) in [5.41, 5.74) is 0.156. The van der Waals surface area contributed by atoms with E-state index < -0.39 is 17.9 Å². The van der Waals surface area contributed by atoms with Gasteiger partial charge in [0.05, 0.1) is 16.7 Å². The Morgan fingerprint density at radius 2 is 1.54 bits per heavy atom. The van der Waals surface area contributed by atoms with E-state index in [1.807, 2.05) is 0 Å². The summed E-state index contributed by atoms with van der Waals surface area (Å²) >= 11 is 0. The molecule has 0 atom stereocenters. The second-order valence-corrected chi connectivity index (χ2v) is 6.02. The zero-order valence-electron chi connectivity index (χ0n) is 13.9. The molecule has 0 amide bonds. The van der Waals surface area contributed by atoms with Crippen LogP contribution in [-0.4, -0.2) is 28.8 Å². The van der Waals surface area contributed by atoms with E-state index in [9.17, 15) is 24.3 Å². The molecule has 0 saturated heterocycles. The molecule has 7 nitrogen and oxygen atoms in total. The molecule has 0 unspecified atom stereocenters. The van der Waals surface area contributed by atoms with Crippen molar-refractivity contribution < 1.29 is 33.8 Å². The predicted molar refractivity (Wildman–Crippen MR) is 88.8 cm³/mol. The van der Waals surface area contributed by atoms with Crippen molar-refractivity contribution in [1.29, 1.82) is 0 Å². The van der Waals surface area contributed by atoms with Crippen molar-refractivity contribution in [2.75, 3.05) is 0 Å². The maximum atomic E-state index is 12.1. The van der Waals surface area contributed by atoms with Crippen LogP contribution in [0.15, 0.2) is 36.4 Å². The number of ketones is 1. The zero-order chi connectivity index (χ0) is 19.0. The van der Waals surface area contributed by atoms with Gasteiger partial charge in [0.2, 0.25) is 0 Å². The van der Waals surface area contributed by atoms with Gasteiger partial charge in [-0.2, -0.15) is 0 Å². The second-order valence-electron chi connectivity index (χ2n) is 6.02. The molecular formula is C19H14O7. The summed E-state index contributed by atoms with van der Waals surface area (Å²) in [4.78, 5) is 46.7. The number of cyclic esters (lactones) is 2. The molecule has 2 aromatic rings. The molecule has 3 rings (SSSR count). The summed E-state index contributed by atoms with van der Waals surface area (Å²) in [6.07, 6.45) is 0. The van der Waals surface area contributed by atoms with E-state index >= 15 is 0 Å². The lowest BCUT2D eigenvalue weighted by Crippen LogP contribution is -2.13. The Kier molecular flexibility index (Phi) is 4.29. The fraction of sp³-hybridized carbons (Fsp3) is 0.158. The van der Waals surface area contributed by atoms with Crippen molar-refractivity contribution in [2.24, 2.45) is 5.92 Å². The van der Waals surface area contributed by atoms with Gasteiger partial charge in [0.25, 0.3) is 0 Å². The molecule has 26 heavy (non-hydrogen) atoms.